The molecule has 31 heavy (non-hydrogen) atoms. The lowest BCUT2D eigenvalue weighted by molar-refractivity contribution is 0.0432. The standard InChI is InChI=1S/C22H24N2O2.C2H6N2O/c1-16(25-14-17-6-7-17)5-9-21-4-2-3-19-11-18(8-10-22(19)26-21)20-12-23-15-24-13-20;1-5-2(3)4/h8,10-13,15-17,21H,4-7,9,14H2,1H3;1H3,(H3,3,4). The van der Waals surface area contributed by atoms with Crippen molar-refractivity contribution in [3.63, 3.8) is 0 Å². The van der Waals surface area contributed by atoms with Crippen molar-refractivity contribution < 1.29 is 14.2 Å². The van der Waals surface area contributed by atoms with Crippen molar-refractivity contribution in [2.75, 3.05) is 13.7 Å². The van der Waals surface area contributed by atoms with Crippen molar-refractivity contribution >= 4 is 6.02 Å². The maximum absolute atomic E-state index is 6.30. The lowest BCUT2D eigenvalue weighted by Crippen LogP contribution is -2.19. The molecule has 0 amide bonds. The fraction of sp³-hybridized carbons (Fsp3) is 0.458. The van der Waals surface area contributed by atoms with Gasteiger partial charge in [-0.25, -0.2) is 9.97 Å². The van der Waals surface area contributed by atoms with E-state index in [1.165, 1.54) is 26.3 Å². The number of ether oxygens (including phenoxy) is 3. The fourth-order valence-electron chi connectivity index (χ4n) is 3.09. The van der Waals surface area contributed by atoms with Gasteiger partial charge in [0.2, 0.25) is 0 Å². The number of aromatic nitrogens is 2. The van der Waals surface area contributed by atoms with Crippen molar-refractivity contribution in [3.05, 3.63) is 42.5 Å². The lowest BCUT2D eigenvalue weighted by atomic mass is 10.1. The summed E-state index contributed by atoms with van der Waals surface area (Å²) < 4.78 is 16.3. The summed E-state index contributed by atoms with van der Waals surface area (Å²) in [6.45, 7) is 3.08. The van der Waals surface area contributed by atoms with Gasteiger partial charge >= 0.3 is 0 Å². The van der Waals surface area contributed by atoms with Crippen molar-refractivity contribution in [2.45, 2.75) is 51.2 Å². The maximum atomic E-state index is 6.30. The molecule has 7 nitrogen and oxygen atoms in total. The van der Waals surface area contributed by atoms with E-state index in [0.29, 0.717) is 0 Å². The summed E-state index contributed by atoms with van der Waals surface area (Å²) in [5.74, 6) is 8.20. The normalized spacial score (nSPS) is 17.4. The molecule has 1 fully saturated rings. The van der Waals surface area contributed by atoms with E-state index in [9.17, 15) is 0 Å². The molecule has 7 heteroatoms. The van der Waals surface area contributed by atoms with E-state index in [4.69, 9.17) is 14.9 Å². The minimum atomic E-state index is -0.245. The topological polar surface area (TPSA) is 103 Å². The van der Waals surface area contributed by atoms with Gasteiger partial charge in [0.15, 0.2) is 0 Å². The third-order valence-corrected chi connectivity index (χ3v) is 5.15. The van der Waals surface area contributed by atoms with Crippen LogP contribution in [0.5, 0.6) is 5.75 Å². The molecular weight excluding hydrogens is 392 g/mol. The van der Waals surface area contributed by atoms with E-state index >= 15 is 0 Å². The molecule has 1 saturated carbocycles. The number of rotatable bonds is 7. The largest absolute Gasteiger partial charge is 0.488 e. The van der Waals surface area contributed by atoms with Crippen LogP contribution >= 0.6 is 0 Å². The van der Waals surface area contributed by atoms with Crippen LogP contribution in [0.15, 0.2) is 36.9 Å². The lowest BCUT2D eigenvalue weighted by Gasteiger charge is -2.19. The van der Waals surface area contributed by atoms with Gasteiger partial charge in [-0.1, -0.05) is 17.9 Å². The van der Waals surface area contributed by atoms with E-state index in [1.54, 1.807) is 0 Å². The summed E-state index contributed by atoms with van der Waals surface area (Å²) in [6, 6.07) is 5.87. The highest BCUT2D eigenvalue weighted by Crippen LogP contribution is 2.30. The van der Waals surface area contributed by atoms with Crippen LogP contribution in [0.1, 0.15) is 44.6 Å². The second kappa shape index (κ2) is 11.3. The zero-order valence-corrected chi connectivity index (χ0v) is 18.1. The average Bonchev–Trinajstić information content (AvgIpc) is 3.63. The van der Waals surface area contributed by atoms with Gasteiger partial charge in [-0.3, -0.25) is 5.41 Å². The molecule has 1 aliphatic carbocycles. The Balaban J connectivity index is 0.000000491. The van der Waals surface area contributed by atoms with Gasteiger partial charge in [0.1, 0.15) is 18.2 Å². The van der Waals surface area contributed by atoms with Gasteiger partial charge in [0, 0.05) is 31.0 Å². The molecule has 0 saturated heterocycles. The first-order valence-corrected chi connectivity index (χ1v) is 10.6. The number of benzene rings is 1. The molecule has 3 N–H and O–H groups in total. The zero-order chi connectivity index (χ0) is 22.1. The summed E-state index contributed by atoms with van der Waals surface area (Å²) in [4.78, 5) is 8.17. The molecule has 2 unspecified atom stereocenters. The van der Waals surface area contributed by atoms with Crippen LogP contribution in [-0.4, -0.2) is 41.9 Å². The van der Waals surface area contributed by atoms with Crippen molar-refractivity contribution in [1.82, 2.24) is 9.97 Å². The fourth-order valence-corrected chi connectivity index (χ4v) is 3.09. The van der Waals surface area contributed by atoms with Crippen molar-refractivity contribution in [2.24, 2.45) is 11.7 Å². The van der Waals surface area contributed by atoms with Crippen LogP contribution in [0, 0.1) is 23.2 Å². The maximum Gasteiger partial charge on any atom is 0.278 e. The first kappa shape index (κ1) is 22.6. The minimum Gasteiger partial charge on any atom is -0.488 e. The Kier molecular flexibility index (Phi) is 8.25. The van der Waals surface area contributed by atoms with E-state index in [2.05, 4.69) is 45.3 Å². The van der Waals surface area contributed by atoms with Gasteiger partial charge in [-0.05, 0) is 56.2 Å². The third kappa shape index (κ3) is 7.58. The minimum absolute atomic E-state index is 0.127. The van der Waals surface area contributed by atoms with Gasteiger partial charge < -0.3 is 19.9 Å². The smallest absolute Gasteiger partial charge is 0.278 e. The van der Waals surface area contributed by atoms with E-state index in [0.717, 1.165) is 54.2 Å². The second-order valence-corrected chi connectivity index (χ2v) is 7.82. The highest BCUT2D eigenvalue weighted by molar-refractivity contribution is 5.67. The Morgan fingerprint density at radius 1 is 1.29 bits per heavy atom. The second-order valence-electron chi connectivity index (χ2n) is 7.82. The molecule has 164 valence electrons. The highest BCUT2D eigenvalue weighted by Gasteiger charge is 2.23. The molecule has 2 aromatic rings. The molecule has 1 aromatic heterocycles. The van der Waals surface area contributed by atoms with Gasteiger partial charge in [0.05, 0.1) is 18.8 Å². The summed E-state index contributed by atoms with van der Waals surface area (Å²) in [6.07, 6.45) is 11.0. The number of nitrogens with one attached hydrogen (secondary N) is 1. The Bertz CT molecular complexity index is 919. The molecule has 1 aliphatic heterocycles. The Hall–Kier alpha value is -3.11. The summed E-state index contributed by atoms with van der Waals surface area (Å²) in [7, 11) is 1.35. The van der Waals surface area contributed by atoms with Gasteiger partial charge in [0.25, 0.3) is 6.02 Å². The van der Waals surface area contributed by atoms with Gasteiger partial charge in [-0.15, -0.1) is 0 Å². The van der Waals surface area contributed by atoms with Gasteiger partial charge in [-0.2, -0.15) is 0 Å². The van der Waals surface area contributed by atoms with Crippen LogP contribution in [-0.2, 0) is 9.47 Å². The summed E-state index contributed by atoms with van der Waals surface area (Å²) in [5.41, 5.74) is 7.63. The quantitative estimate of drug-likeness (QED) is 0.400. The van der Waals surface area contributed by atoms with Crippen LogP contribution in [0.4, 0.5) is 0 Å². The van der Waals surface area contributed by atoms with Crippen LogP contribution in [0.25, 0.3) is 11.1 Å². The number of amidine groups is 1. The first-order valence-electron chi connectivity index (χ1n) is 10.6. The Morgan fingerprint density at radius 2 is 2.03 bits per heavy atom. The first-order chi connectivity index (χ1) is 15.0. The van der Waals surface area contributed by atoms with E-state index in [-0.39, 0.29) is 18.2 Å². The van der Waals surface area contributed by atoms with Crippen molar-refractivity contribution in [3.8, 4) is 28.7 Å². The Morgan fingerprint density at radius 3 is 2.71 bits per heavy atom. The zero-order valence-electron chi connectivity index (χ0n) is 18.1. The summed E-state index contributed by atoms with van der Waals surface area (Å²) in [5, 5.41) is 6.30. The number of hydrogen-bond acceptors (Lipinski definition) is 6. The summed E-state index contributed by atoms with van der Waals surface area (Å²) >= 11 is 0. The molecular formula is C24H30N4O3. The highest BCUT2D eigenvalue weighted by atomic mass is 16.5. The molecule has 0 spiro atoms. The predicted molar refractivity (Wildman–Crippen MR) is 120 cm³/mol. The number of nitrogens with two attached hydrogens (primary N) is 1. The van der Waals surface area contributed by atoms with Crippen LogP contribution in [0.3, 0.4) is 0 Å². The number of hydrogen-bond donors (Lipinski definition) is 2. The number of methoxy groups -OCH3 is 1. The molecule has 0 bridgehead atoms. The molecule has 0 radical (unpaired) electrons. The van der Waals surface area contributed by atoms with Crippen molar-refractivity contribution in [1.29, 1.82) is 5.41 Å². The third-order valence-electron chi connectivity index (χ3n) is 5.15. The molecule has 2 atom stereocenters. The van der Waals surface area contributed by atoms with Crippen LogP contribution < -0.4 is 10.5 Å². The number of nitrogens with zero attached hydrogens (tertiary/aromatic N) is 2. The molecule has 1 aromatic carbocycles. The van der Waals surface area contributed by atoms with E-state index < -0.39 is 0 Å². The van der Waals surface area contributed by atoms with Crippen LogP contribution in [0.2, 0.25) is 0 Å². The van der Waals surface area contributed by atoms with E-state index in [1.807, 2.05) is 24.5 Å². The SMILES string of the molecule is CC(CCC1CC#Cc2cc(-c3cncnc3)ccc2O1)OCC1CC1.COC(=N)N. The average molecular weight is 423 g/mol. The Labute approximate surface area is 183 Å². The molecule has 4 rings (SSSR count). The predicted octanol–water partition coefficient (Wildman–Crippen LogP) is 3.77. The molecule has 2 aliphatic rings. The monoisotopic (exact) mass is 422 g/mol. The molecule has 2 heterocycles. The number of fused-ring (bicyclic) bond motifs is 1.